The molecule has 0 bridgehead atoms. The van der Waals surface area contributed by atoms with Crippen LogP contribution in [0.25, 0.3) is 0 Å². The zero-order valence-corrected chi connectivity index (χ0v) is 16.7. The van der Waals surface area contributed by atoms with Crippen molar-refractivity contribution in [3.05, 3.63) is 41.9 Å². The zero-order valence-electron chi connectivity index (χ0n) is 15.9. The van der Waals surface area contributed by atoms with Crippen molar-refractivity contribution in [3.8, 4) is 17.4 Å². The van der Waals surface area contributed by atoms with E-state index in [4.69, 9.17) is 9.47 Å². The Morgan fingerprint density at radius 3 is 2.63 bits per heavy atom. The average Bonchev–Trinajstić information content (AvgIpc) is 3.12. The lowest BCUT2D eigenvalue weighted by Gasteiger charge is -2.20. The molecule has 1 aliphatic heterocycles. The smallest absolute Gasteiger partial charge is 0.281 e. The minimum atomic E-state index is -3.43. The number of rotatable bonds is 6. The second-order valence-electron chi connectivity index (χ2n) is 6.62. The van der Waals surface area contributed by atoms with Crippen LogP contribution >= 0.6 is 0 Å². The van der Waals surface area contributed by atoms with Gasteiger partial charge in [0.1, 0.15) is 17.3 Å². The minimum absolute atomic E-state index is 0.0627. The molecule has 0 radical (unpaired) electrons. The Hall–Kier alpha value is -2.23. The van der Waals surface area contributed by atoms with Gasteiger partial charge in [0, 0.05) is 50.9 Å². The molecule has 146 valence electrons. The quantitative estimate of drug-likeness (QED) is 0.749. The van der Waals surface area contributed by atoms with E-state index in [0.717, 1.165) is 5.69 Å². The van der Waals surface area contributed by atoms with Crippen LogP contribution in [0, 0.1) is 6.92 Å². The molecule has 8 nitrogen and oxygen atoms in total. The van der Waals surface area contributed by atoms with Gasteiger partial charge in [0.15, 0.2) is 0 Å². The molecule has 1 aliphatic rings. The van der Waals surface area contributed by atoms with E-state index >= 15 is 0 Å². The highest BCUT2D eigenvalue weighted by atomic mass is 32.2. The molecular formula is C18H24N4O4S. The van der Waals surface area contributed by atoms with Gasteiger partial charge < -0.3 is 9.47 Å². The molecule has 2 aromatic rings. The first-order chi connectivity index (χ1) is 12.8. The van der Waals surface area contributed by atoms with Crippen molar-refractivity contribution in [2.24, 2.45) is 0 Å². The molecule has 1 aromatic carbocycles. The van der Waals surface area contributed by atoms with Crippen LogP contribution < -0.4 is 9.47 Å². The van der Waals surface area contributed by atoms with Gasteiger partial charge in [0.05, 0.1) is 7.11 Å². The van der Waals surface area contributed by atoms with E-state index in [9.17, 15) is 8.42 Å². The summed E-state index contributed by atoms with van der Waals surface area (Å²) < 4.78 is 38.4. The first-order valence-corrected chi connectivity index (χ1v) is 10.0. The highest BCUT2D eigenvalue weighted by Crippen LogP contribution is 2.30. The Kier molecular flexibility index (Phi) is 5.64. The third-order valence-electron chi connectivity index (χ3n) is 4.42. The van der Waals surface area contributed by atoms with Crippen LogP contribution in [0.15, 0.2) is 30.3 Å². The predicted molar refractivity (Wildman–Crippen MR) is 101 cm³/mol. The van der Waals surface area contributed by atoms with Gasteiger partial charge in [-0.15, -0.1) is 0 Å². The normalized spacial score (nSPS) is 18.0. The Balaban J connectivity index is 1.80. The van der Waals surface area contributed by atoms with Crippen LogP contribution in [0.3, 0.4) is 0 Å². The van der Waals surface area contributed by atoms with Crippen LogP contribution in [0.4, 0.5) is 0 Å². The number of nitrogens with zero attached hydrogens (tertiary/aromatic N) is 4. The Morgan fingerprint density at radius 1 is 1.19 bits per heavy atom. The summed E-state index contributed by atoms with van der Waals surface area (Å²) in [6, 6.07) is 9.02. The Bertz CT molecular complexity index is 917. The van der Waals surface area contributed by atoms with Gasteiger partial charge in [-0.2, -0.15) is 22.0 Å². The number of methoxy groups -OCH3 is 1. The topological polar surface area (TPSA) is 84.9 Å². The molecule has 0 amide bonds. The summed E-state index contributed by atoms with van der Waals surface area (Å²) in [6.45, 7) is 2.68. The third kappa shape index (κ3) is 4.37. The molecule has 1 unspecified atom stereocenters. The molecule has 0 spiro atoms. The van der Waals surface area contributed by atoms with Crippen molar-refractivity contribution in [1.82, 2.24) is 18.6 Å². The van der Waals surface area contributed by atoms with E-state index in [1.54, 1.807) is 19.2 Å². The molecule has 0 saturated carbocycles. The summed E-state index contributed by atoms with van der Waals surface area (Å²) in [6.07, 6.45) is 0.676. The Labute approximate surface area is 159 Å². The van der Waals surface area contributed by atoms with Crippen molar-refractivity contribution in [3.63, 3.8) is 0 Å². The van der Waals surface area contributed by atoms with Gasteiger partial charge in [0.2, 0.25) is 5.88 Å². The predicted octanol–water partition coefficient (Wildman–Crippen LogP) is 2.18. The number of ether oxygens (including phenoxy) is 2. The number of benzene rings is 1. The van der Waals surface area contributed by atoms with E-state index in [0.29, 0.717) is 42.7 Å². The van der Waals surface area contributed by atoms with Crippen molar-refractivity contribution < 1.29 is 17.9 Å². The van der Waals surface area contributed by atoms with Crippen LogP contribution in [0.5, 0.6) is 17.4 Å². The SMILES string of the molecule is COc1cccc(Oc2cc(C)nc(C3CCN(S(=O)(=O)N(C)C)C3)n2)c1. The molecule has 1 aromatic heterocycles. The van der Waals surface area contributed by atoms with Crippen molar-refractivity contribution in [1.29, 1.82) is 0 Å². The van der Waals surface area contributed by atoms with E-state index in [1.165, 1.54) is 22.7 Å². The van der Waals surface area contributed by atoms with Gasteiger partial charge in [-0.1, -0.05) is 6.07 Å². The number of hydrogen-bond acceptors (Lipinski definition) is 6. The molecule has 1 fully saturated rings. The summed E-state index contributed by atoms with van der Waals surface area (Å²) >= 11 is 0. The first kappa shape index (κ1) is 19.5. The summed E-state index contributed by atoms with van der Waals surface area (Å²) in [4.78, 5) is 9.02. The molecule has 27 heavy (non-hydrogen) atoms. The molecule has 1 saturated heterocycles. The Morgan fingerprint density at radius 2 is 1.93 bits per heavy atom. The fraction of sp³-hybridized carbons (Fsp3) is 0.444. The van der Waals surface area contributed by atoms with Gasteiger partial charge in [0.25, 0.3) is 10.2 Å². The highest BCUT2D eigenvalue weighted by Gasteiger charge is 2.35. The zero-order chi connectivity index (χ0) is 19.6. The maximum Gasteiger partial charge on any atom is 0.281 e. The van der Waals surface area contributed by atoms with Gasteiger partial charge >= 0.3 is 0 Å². The highest BCUT2D eigenvalue weighted by molar-refractivity contribution is 7.86. The van der Waals surface area contributed by atoms with E-state index < -0.39 is 10.2 Å². The minimum Gasteiger partial charge on any atom is -0.497 e. The van der Waals surface area contributed by atoms with Crippen LogP contribution in [0.2, 0.25) is 0 Å². The molecule has 2 heterocycles. The summed E-state index contributed by atoms with van der Waals surface area (Å²) in [7, 11) is 1.24. The fourth-order valence-corrected chi connectivity index (χ4v) is 4.13. The molecule has 0 N–H and O–H groups in total. The maximum atomic E-state index is 12.3. The lowest BCUT2D eigenvalue weighted by molar-refractivity contribution is 0.406. The average molecular weight is 392 g/mol. The third-order valence-corrected chi connectivity index (χ3v) is 6.32. The van der Waals surface area contributed by atoms with Gasteiger partial charge in [-0.3, -0.25) is 0 Å². The number of aromatic nitrogens is 2. The van der Waals surface area contributed by atoms with Crippen molar-refractivity contribution >= 4 is 10.2 Å². The molecular weight excluding hydrogens is 368 g/mol. The second kappa shape index (κ2) is 7.79. The molecule has 9 heteroatoms. The van der Waals surface area contributed by atoms with Crippen LogP contribution in [-0.4, -0.2) is 61.3 Å². The van der Waals surface area contributed by atoms with Crippen LogP contribution in [-0.2, 0) is 10.2 Å². The standard InChI is InChI=1S/C18H24N4O4S/c1-13-10-17(26-16-7-5-6-15(11-16)25-4)20-18(19-13)14-8-9-22(12-14)27(23,24)21(2)3/h5-7,10-11,14H,8-9,12H2,1-4H3. The monoisotopic (exact) mass is 392 g/mol. The first-order valence-electron chi connectivity index (χ1n) is 8.64. The van der Waals surface area contributed by atoms with E-state index in [-0.39, 0.29) is 5.92 Å². The summed E-state index contributed by atoms with van der Waals surface area (Å²) in [5, 5.41) is 0. The molecule has 1 atom stereocenters. The lowest BCUT2D eigenvalue weighted by atomic mass is 10.1. The maximum absolute atomic E-state index is 12.3. The second-order valence-corrected chi connectivity index (χ2v) is 8.76. The summed E-state index contributed by atoms with van der Waals surface area (Å²) in [5.41, 5.74) is 0.770. The van der Waals surface area contributed by atoms with Crippen molar-refractivity contribution in [2.45, 2.75) is 19.3 Å². The molecule has 0 aliphatic carbocycles. The fourth-order valence-electron chi connectivity index (χ4n) is 2.96. The summed E-state index contributed by atoms with van der Waals surface area (Å²) in [5.74, 6) is 2.27. The largest absolute Gasteiger partial charge is 0.497 e. The number of aryl methyl sites for hydroxylation is 1. The van der Waals surface area contributed by atoms with E-state index in [2.05, 4.69) is 9.97 Å². The van der Waals surface area contributed by atoms with Crippen molar-refractivity contribution in [2.75, 3.05) is 34.3 Å². The lowest BCUT2D eigenvalue weighted by Crippen LogP contribution is -2.38. The van der Waals surface area contributed by atoms with Crippen LogP contribution in [0.1, 0.15) is 23.9 Å². The van der Waals surface area contributed by atoms with E-state index in [1.807, 2.05) is 25.1 Å². The number of hydrogen-bond donors (Lipinski definition) is 0. The molecule has 3 rings (SSSR count). The van der Waals surface area contributed by atoms with Gasteiger partial charge in [-0.05, 0) is 25.5 Å². The van der Waals surface area contributed by atoms with Gasteiger partial charge in [-0.25, -0.2) is 4.98 Å².